The minimum atomic E-state index is -0.435. The smallest absolute Gasteiger partial charge is 0.410 e. The van der Waals surface area contributed by atoms with Crippen LogP contribution in [-0.2, 0) is 4.74 Å². The van der Waals surface area contributed by atoms with Gasteiger partial charge in [-0.25, -0.2) is 4.79 Å². The van der Waals surface area contributed by atoms with Gasteiger partial charge in [0.05, 0.1) is 0 Å². The second kappa shape index (κ2) is 3.64. The average molecular weight is 226 g/mol. The highest BCUT2D eigenvalue weighted by Gasteiger charge is 2.56. The molecule has 1 saturated carbocycles. The topological polar surface area (TPSA) is 62.1 Å². The summed E-state index contributed by atoms with van der Waals surface area (Å²) in [5.41, 5.74) is -0.435. The summed E-state index contributed by atoms with van der Waals surface area (Å²) >= 11 is 0. The molecule has 1 aliphatic carbocycles. The molecule has 90 valence electrons. The lowest BCUT2D eigenvalue weighted by Gasteiger charge is -2.25. The number of likely N-dealkylation sites (tertiary alicyclic amines) is 1. The van der Waals surface area contributed by atoms with Gasteiger partial charge in [0.25, 0.3) is 0 Å². The highest BCUT2D eigenvalue weighted by Crippen LogP contribution is 2.50. The van der Waals surface area contributed by atoms with Crippen molar-refractivity contribution in [1.29, 1.82) is 0 Å². The van der Waals surface area contributed by atoms with Crippen molar-refractivity contribution in [2.24, 2.45) is 22.9 Å². The van der Waals surface area contributed by atoms with E-state index in [1.165, 1.54) is 0 Å². The number of piperidine rings is 1. The van der Waals surface area contributed by atoms with Gasteiger partial charge in [-0.05, 0) is 32.6 Å². The molecule has 1 saturated heterocycles. The van der Waals surface area contributed by atoms with Crippen LogP contribution in [-0.4, -0.2) is 41.1 Å². The van der Waals surface area contributed by atoms with Gasteiger partial charge < -0.3 is 14.8 Å². The number of fused-ring (bicyclic) bond motifs is 1. The fourth-order valence-electron chi connectivity index (χ4n) is 2.35. The minimum absolute atomic E-state index is 0.237. The van der Waals surface area contributed by atoms with Crippen molar-refractivity contribution in [3.63, 3.8) is 0 Å². The van der Waals surface area contributed by atoms with E-state index in [1.807, 2.05) is 20.8 Å². The SMILES string of the molecule is CC(C)(C)OC(=O)N1C[C@@H]2C(/C=N/O)[C@@H]2C1. The van der Waals surface area contributed by atoms with E-state index in [-0.39, 0.29) is 6.09 Å². The summed E-state index contributed by atoms with van der Waals surface area (Å²) in [5, 5.41) is 11.5. The number of ether oxygens (including phenoxy) is 1. The van der Waals surface area contributed by atoms with Crippen molar-refractivity contribution in [2.45, 2.75) is 26.4 Å². The van der Waals surface area contributed by atoms with Crippen LogP contribution in [0.4, 0.5) is 4.79 Å². The lowest BCUT2D eigenvalue weighted by Crippen LogP contribution is -2.37. The van der Waals surface area contributed by atoms with Gasteiger partial charge in [0.15, 0.2) is 0 Å². The van der Waals surface area contributed by atoms with E-state index in [0.717, 1.165) is 13.1 Å². The van der Waals surface area contributed by atoms with Crippen LogP contribution in [0.2, 0.25) is 0 Å². The molecule has 16 heavy (non-hydrogen) atoms. The van der Waals surface area contributed by atoms with Crippen LogP contribution >= 0.6 is 0 Å². The molecule has 0 spiro atoms. The number of rotatable bonds is 1. The van der Waals surface area contributed by atoms with Gasteiger partial charge in [0.2, 0.25) is 0 Å². The van der Waals surface area contributed by atoms with Crippen molar-refractivity contribution < 1.29 is 14.7 Å². The Labute approximate surface area is 95.1 Å². The van der Waals surface area contributed by atoms with Crippen LogP contribution in [0.5, 0.6) is 0 Å². The van der Waals surface area contributed by atoms with Gasteiger partial charge in [-0.2, -0.15) is 0 Å². The van der Waals surface area contributed by atoms with Gasteiger partial charge in [-0.15, -0.1) is 5.16 Å². The number of hydrogen-bond donors (Lipinski definition) is 1. The normalized spacial score (nSPS) is 32.9. The molecule has 5 heteroatoms. The summed E-state index contributed by atoms with van der Waals surface area (Å²) < 4.78 is 5.29. The molecule has 0 aromatic heterocycles. The lowest BCUT2D eigenvalue weighted by atomic mass is 10.2. The van der Waals surface area contributed by atoms with E-state index >= 15 is 0 Å². The molecule has 2 aliphatic rings. The Kier molecular flexibility index (Phi) is 2.56. The molecule has 0 radical (unpaired) electrons. The fraction of sp³-hybridized carbons (Fsp3) is 0.818. The summed E-state index contributed by atoms with van der Waals surface area (Å²) in [5.74, 6) is 1.27. The summed E-state index contributed by atoms with van der Waals surface area (Å²) in [6.07, 6.45) is 1.33. The summed E-state index contributed by atoms with van der Waals surface area (Å²) in [6, 6.07) is 0. The van der Waals surface area contributed by atoms with E-state index in [9.17, 15) is 4.79 Å². The molecule has 0 aromatic carbocycles. The Morgan fingerprint density at radius 1 is 1.44 bits per heavy atom. The van der Waals surface area contributed by atoms with Crippen LogP contribution < -0.4 is 0 Å². The average Bonchev–Trinajstić information content (AvgIpc) is 2.60. The maximum absolute atomic E-state index is 11.7. The zero-order valence-electron chi connectivity index (χ0n) is 9.88. The molecule has 1 heterocycles. The minimum Gasteiger partial charge on any atom is -0.444 e. The van der Waals surface area contributed by atoms with Crippen molar-refractivity contribution in [3.8, 4) is 0 Å². The third-order valence-corrected chi connectivity index (χ3v) is 3.15. The van der Waals surface area contributed by atoms with Gasteiger partial charge >= 0.3 is 6.09 Å². The molecule has 1 unspecified atom stereocenters. The Balaban J connectivity index is 1.82. The molecule has 5 nitrogen and oxygen atoms in total. The highest BCUT2D eigenvalue weighted by atomic mass is 16.6. The molecule has 2 fully saturated rings. The number of hydrogen-bond acceptors (Lipinski definition) is 4. The monoisotopic (exact) mass is 226 g/mol. The molecule has 2 rings (SSSR count). The van der Waals surface area contributed by atoms with Crippen LogP contribution in [0.25, 0.3) is 0 Å². The highest BCUT2D eigenvalue weighted by molar-refractivity contribution is 5.71. The third-order valence-electron chi connectivity index (χ3n) is 3.15. The molecule has 1 aliphatic heterocycles. The quantitative estimate of drug-likeness (QED) is 0.419. The second-order valence-corrected chi connectivity index (χ2v) is 5.55. The number of nitrogens with zero attached hydrogens (tertiary/aromatic N) is 2. The fourth-order valence-corrected chi connectivity index (χ4v) is 2.35. The molecule has 1 amide bonds. The van der Waals surface area contributed by atoms with Crippen molar-refractivity contribution in [1.82, 2.24) is 4.90 Å². The number of amides is 1. The number of carbonyl (C=O) groups is 1. The Morgan fingerprint density at radius 2 is 2.00 bits per heavy atom. The van der Waals surface area contributed by atoms with Crippen molar-refractivity contribution >= 4 is 12.3 Å². The van der Waals surface area contributed by atoms with E-state index in [4.69, 9.17) is 9.94 Å². The van der Waals surface area contributed by atoms with Gasteiger partial charge in [-0.3, -0.25) is 0 Å². The zero-order valence-corrected chi connectivity index (χ0v) is 9.88. The standard InChI is InChI=1S/C11H18N2O3/c1-11(2,3)16-10(14)13-5-8-7(4-12-15)9(8)6-13/h4,7-9,15H,5-6H2,1-3H3/b12-4+/t7?,8-,9+. The van der Waals surface area contributed by atoms with Crippen LogP contribution in [0, 0.1) is 17.8 Å². The van der Waals surface area contributed by atoms with E-state index in [2.05, 4.69) is 5.16 Å². The molecular formula is C11H18N2O3. The van der Waals surface area contributed by atoms with Gasteiger partial charge in [-0.1, -0.05) is 0 Å². The van der Waals surface area contributed by atoms with E-state index < -0.39 is 5.60 Å². The zero-order chi connectivity index (χ0) is 11.9. The first kappa shape index (κ1) is 11.2. The molecule has 3 atom stereocenters. The molecule has 0 bridgehead atoms. The number of carbonyl (C=O) groups excluding carboxylic acids is 1. The lowest BCUT2D eigenvalue weighted by molar-refractivity contribution is 0.0270. The van der Waals surface area contributed by atoms with Gasteiger partial charge in [0.1, 0.15) is 5.60 Å². The van der Waals surface area contributed by atoms with Crippen molar-refractivity contribution in [3.05, 3.63) is 0 Å². The first-order valence-electron chi connectivity index (χ1n) is 5.58. The maximum Gasteiger partial charge on any atom is 0.410 e. The van der Waals surface area contributed by atoms with E-state index in [1.54, 1.807) is 11.1 Å². The third kappa shape index (κ3) is 2.13. The molecule has 1 N–H and O–H groups in total. The Hall–Kier alpha value is -1.26. The predicted octanol–water partition coefficient (Wildman–Crippen LogP) is 1.56. The van der Waals surface area contributed by atoms with Gasteiger partial charge in [0, 0.05) is 25.2 Å². The van der Waals surface area contributed by atoms with Crippen LogP contribution in [0.3, 0.4) is 0 Å². The Morgan fingerprint density at radius 3 is 2.44 bits per heavy atom. The Bertz CT molecular complexity index is 310. The number of oxime groups is 1. The summed E-state index contributed by atoms with van der Waals surface area (Å²) in [4.78, 5) is 13.5. The van der Waals surface area contributed by atoms with Crippen molar-refractivity contribution in [2.75, 3.05) is 13.1 Å². The largest absolute Gasteiger partial charge is 0.444 e. The maximum atomic E-state index is 11.7. The molecule has 0 aromatic rings. The van der Waals surface area contributed by atoms with Crippen LogP contribution in [0.15, 0.2) is 5.16 Å². The van der Waals surface area contributed by atoms with E-state index in [0.29, 0.717) is 17.8 Å². The van der Waals surface area contributed by atoms with Crippen LogP contribution in [0.1, 0.15) is 20.8 Å². The molecular weight excluding hydrogens is 208 g/mol. The summed E-state index contributed by atoms with van der Waals surface area (Å²) in [7, 11) is 0. The predicted molar refractivity (Wildman–Crippen MR) is 58.6 cm³/mol. The summed E-state index contributed by atoms with van der Waals surface area (Å²) in [6.45, 7) is 7.03. The second-order valence-electron chi connectivity index (χ2n) is 5.55. The first-order valence-corrected chi connectivity index (χ1v) is 5.58. The first-order chi connectivity index (χ1) is 7.42.